The van der Waals surface area contributed by atoms with Crippen molar-refractivity contribution in [3.8, 4) is 0 Å². The van der Waals surface area contributed by atoms with Crippen LogP contribution < -0.4 is 5.43 Å². The molecule has 0 aromatic carbocycles. The van der Waals surface area contributed by atoms with E-state index in [0.717, 1.165) is 6.20 Å². The highest BCUT2D eigenvalue weighted by atomic mass is 35.5. The summed E-state index contributed by atoms with van der Waals surface area (Å²) in [6, 6.07) is 1.25. The second-order valence-corrected chi connectivity index (χ2v) is 3.19. The van der Waals surface area contributed by atoms with Gasteiger partial charge in [-0.05, 0) is 0 Å². The Kier molecular flexibility index (Phi) is 3.21. The Hall–Kier alpha value is -1.40. The predicted octanol–water partition coefficient (Wildman–Crippen LogP) is 1.53. The summed E-state index contributed by atoms with van der Waals surface area (Å²) in [4.78, 5) is 13.6. The Bertz CT molecular complexity index is 356. The zero-order valence-electron chi connectivity index (χ0n) is 7.69. The van der Waals surface area contributed by atoms with Crippen LogP contribution >= 0.6 is 11.6 Å². The van der Waals surface area contributed by atoms with Crippen molar-refractivity contribution in [2.75, 3.05) is 19.5 Å². The zero-order valence-corrected chi connectivity index (χ0v) is 8.45. The standard InChI is InChI=1S/C7H9ClN4O2/c1-11(2)10-7-6(8)3-5(4-9-7)12(13)14/h3-4H,1-2H3,(H,9,10). The number of hydrazine groups is 1. The van der Waals surface area contributed by atoms with Crippen LogP contribution in [0.2, 0.25) is 5.02 Å². The summed E-state index contributed by atoms with van der Waals surface area (Å²) in [6.07, 6.45) is 1.15. The van der Waals surface area contributed by atoms with Crippen LogP contribution in [0.15, 0.2) is 12.3 Å². The molecule has 0 aliphatic rings. The van der Waals surface area contributed by atoms with Gasteiger partial charge in [-0.25, -0.2) is 9.99 Å². The third-order valence-electron chi connectivity index (χ3n) is 1.37. The first kappa shape index (κ1) is 10.7. The molecule has 0 amide bonds. The Morgan fingerprint density at radius 2 is 2.29 bits per heavy atom. The van der Waals surface area contributed by atoms with Crippen LogP contribution in [0, 0.1) is 10.1 Å². The maximum atomic E-state index is 10.4. The molecule has 0 fully saturated rings. The van der Waals surface area contributed by atoms with Gasteiger partial charge in [0.1, 0.15) is 6.20 Å². The minimum Gasteiger partial charge on any atom is -0.302 e. The van der Waals surface area contributed by atoms with Crippen LogP contribution in [0.25, 0.3) is 0 Å². The third-order valence-corrected chi connectivity index (χ3v) is 1.66. The molecule has 1 rings (SSSR count). The quantitative estimate of drug-likeness (QED) is 0.613. The lowest BCUT2D eigenvalue weighted by Gasteiger charge is -2.12. The Labute approximate surface area is 85.6 Å². The molecule has 7 heteroatoms. The molecule has 76 valence electrons. The summed E-state index contributed by atoms with van der Waals surface area (Å²) in [5.41, 5.74) is 2.68. The van der Waals surface area contributed by atoms with Gasteiger partial charge in [0.15, 0.2) is 5.82 Å². The second kappa shape index (κ2) is 4.21. The molecule has 14 heavy (non-hydrogen) atoms. The molecule has 1 aromatic rings. The fourth-order valence-electron chi connectivity index (χ4n) is 0.822. The number of aromatic nitrogens is 1. The van der Waals surface area contributed by atoms with E-state index in [9.17, 15) is 10.1 Å². The predicted molar refractivity (Wildman–Crippen MR) is 53.2 cm³/mol. The number of rotatable bonds is 3. The SMILES string of the molecule is CN(C)Nc1ncc([N+](=O)[O-])cc1Cl. The minimum absolute atomic E-state index is 0.126. The van der Waals surface area contributed by atoms with Crippen LogP contribution in [-0.2, 0) is 0 Å². The number of hydrogen-bond donors (Lipinski definition) is 1. The van der Waals surface area contributed by atoms with Crippen molar-refractivity contribution in [2.24, 2.45) is 0 Å². The summed E-state index contributed by atoms with van der Waals surface area (Å²) in [5, 5.41) is 12.2. The molecule has 0 radical (unpaired) electrons. The van der Waals surface area contributed by atoms with E-state index in [-0.39, 0.29) is 10.7 Å². The van der Waals surface area contributed by atoms with Gasteiger partial charge in [0, 0.05) is 20.2 Å². The van der Waals surface area contributed by atoms with Crippen molar-refractivity contribution < 1.29 is 4.92 Å². The number of hydrogen-bond acceptors (Lipinski definition) is 5. The highest BCUT2D eigenvalue weighted by molar-refractivity contribution is 6.33. The first-order valence-electron chi connectivity index (χ1n) is 3.74. The highest BCUT2D eigenvalue weighted by Gasteiger charge is 2.10. The molecule has 0 spiro atoms. The first-order chi connectivity index (χ1) is 6.50. The maximum absolute atomic E-state index is 10.4. The molecule has 0 aliphatic carbocycles. The number of pyridine rings is 1. The maximum Gasteiger partial charge on any atom is 0.289 e. The van der Waals surface area contributed by atoms with Gasteiger partial charge < -0.3 is 5.43 Å². The van der Waals surface area contributed by atoms with Crippen LogP contribution in [0.5, 0.6) is 0 Å². The van der Waals surface area contributed by atoms with Crippen molar-refractivity contribution in [1.82, 2.24) is 9.99 Å². The fraction of sp³-hybridized carbons (Fsp3) is 0.286. The Morgan fingerprint density at radius 3 is 2.71 bits per heavy atom. The molecule has 6 nitrogen and oxygen atoms in total. The van der Waals surface area contributed by atoms with Gasteiger partial charge in [-0.1, -0.05) is 11.6 Å². The Morgan fingerprint density at radius 1 is 1.64 bits per heavy atom. The summed E-state index contributed by atoms with van der Waals surface area (Å²) in [7, 11) is 3.53. The first-order valence-corrected chi connectivity index (χ1v) is 4.12. The van der Waals surface area contributed by atoms with E-state index in [2.05, 4.69) is 10.4 Å². The monoisotopic (exact) mass is 216 g/mol. The summed E-state index contributed by atoms with van der Waals surface area (Å²) >= 11 is 5.76. The van der Waals surface area contributed by atoms with Gasteiger partial charge in [-0.3, -0.25) is 10.1 Å². The molecular weight excluding hydrogens is 208 g/mol. The smallest absolute Gasteiger partial charge is 0.289 e. The topological polar surface area (TPSA) is 71.3 Å². The van der Waals surface area contributed by atoms with E-state index in [1.165, 1.54) is 6.07 Å². The lowest BCUT2D eigenvalue weighted by molar-refractivity contribution is -0.385. The van der Waals surface area contributed by atoms with Crippen LogP contribution in [0.3, 0.4) is 0 Å². The van der Waals surface area contributed by atoms with E-state index in [1.807, 2.05) is 0 Å². The number of halogens is 1. The number of anilines is 1. The van der Waals surface area contributed by atoms with Crippen LogP contribution in [0.4, 0.5) is 11.5 Å². The molecule has 0 unspecified atom stereocenters. The van der Waals surface area contributed by atoms with Crippen molar-refractivity contribution in [3.63, 3.8) is 0 Å². The lowest BCUT2D eigenvalue weighted by Crippen LogP contribution is -2.20. The molecule has 0 saturated carbocycles. The summed E-state index contributed by atoms with van der Waals surface area (Å²) < 4.78 is 0. The number of nitrogens with zero attached hydrogens (tertiary/aromatic N) is 3. The van der Waals surface area contributed by atoms with Crippen molar-refractivity contribution in [2.45, 2.75) is 0 Å². The molecular formula is C7H9ClN4O2. The van der Waals surface area contributed by atoms with Gasteiger partial charge >= 0.3 is 0 Å². The fourth-order valence-corrected chi connectivity index (χ4v) is 1.02. The normalized spacial score (nSPS) is 10.3. The summed E-state index contributed by atoms with van der Waals surface area (Å²) in [5.74, 6) is 0.391. The van der Waals surface area contributed by atoms with Gasteiger partial charge in [-0.15, -0.1) is 0 Å². The van der Waals surface area contributed by atoms with Crippen molar-refractivity contribution in [1.29, 1.82) is 0 Å². The van der Waals surface area contributed by atoms with E-state index in [0.29, 0.717) is 5.82 Å². The average Bonchev–Trinajstić information content (AvgIpc) is 2.07. The molecule has 0 atom stereocenters. The molecule has 1 heterocycles. The van der Waals surface area contributed by atoms with Crippen LogP contribution in [0.1, 0.15) is 0 Å². The molecule has 0 saturated heterocycles. The molecule has 1 N–H and O–H groups in total. The van der Waals surface area contributed by atoms with Gasteiger partial charge in [-0.2, -0.15) is 0 Å². The molecule has 1 aromatic heterocycles. The van der Waals surface area contributed by atoms with E-state index in [4.69, 9.17) is 11.6 Å². The lowest BCUT2D eigenvalue weighted by atomic mass is 10.4. The number of nitro groups is 1. The average molecular weight is 217 g/mol. The minimum atomic E-state index is -0.543. The van der Waals surface area contributed by atoms with Crippen molar-refractivity contribution >= 4 is 23.1 Å². The van der Waals surface area contributed by atoms with Crippen LogP contribution in [-0.4, -0.2) is 29.0 Å². The molecule has 0 bridgehead atoms. The van der Waals surface area contributed by atoms with Gasteiger partial charge in [0.25, 0.3) is 5.69 Å². The summed E-state index contributed by atoms with van der Waals surface area (Å²) in [6.45, 7) is 0. The third kappa shape index (κ3) is 2.54. The van der Waals surface area contributed by atoms with E-state index < -0.39 is 4.92 Å². The van der Waals surface area contributed by atoms with Crippen molar-refractivity contribution in [3.05, 3.63) is 27.4 Å². The second-order valence-electron chi connectivity index (χ2n) is 2.79. The Balaban J connectivity index is 2.95. The largest absolute Gasteiger partial charge is 0.302 e. The molecule has 0 aliphatic heterocycles. The van der Waals surface area contributed by atoms with E-state index >= 15 is 0 Å². The number of nitrogens with one attached hydrogen (secondary N) is 1. The van der Waals surface area contributed by atoms with Gasteiger partial charge in [0.05, 0.1) is 9.95 Å². The van der Waals surface area contributed by atoms with E-state index in [1.54, 1.807) is 19.1 Å². The zero-order chi connectivity index (χ0) is 10.7. The van der Waals surface area contributed by atoms with Gasteiger partial charge in [0.2, 0.25) is 0 Å². The highest BCUT2D eigenvalue weighted by Crippen LogP contribution is 2.23.